The normalized spacial score (nSPS) is 15.6. The molecule has 1 aliphatic carbocycles. The van der Waals surface area contributed by atoms with E-state index in [2.05, 4.69) is 5.32 Å². The van der Waals surface area contributed by atoms with Gasteiger partial charge in [0.15, 0.2) is 0 Å². The Morgan fingerprint density at radius 2 is 1.88 bits per heavy atom. The molecule has 26 heavy (non-hydrogen) atoms. The highest BCUT2D eigenvalue weighted by Gasteiger charge is 2.38. The number of benzene rings is 1. The summed E-state index contributed by atoms with van der Waals surface area (Å²) in [5.74, 6) is -0.359. The van der Waals surface area contributed by atoms with Gasteiger partial charge in [-0.05, 0) is 37.5 Å². The van der Waals surface area contributed by atoms with Gasteiger partial charge in [-0.2, -0.15) is 0 Å². The number of furan rings is 1. The van der Waals surface area contributed by atoms with Gasteiger partial charge in [0, 0.05) is 5.56 Å². The average Bonchev–Trinajstić information content (AvgIpc) is 3.22. The molecule has 1 heterocycles. The molecule has 0 saturated heterocycles. The lowest BCUT2D eigenvalue weighted by atomic mass is 9.87. The summed E-state index contributed by atoms with van der Waals surface area (Å²) in [4.78, 5) is 24.0. The molecule has 3 rings (SSSR count). The Bertz CT molecular complexity index is 800. The number of nitrogens with one attached hydrogen (secondary N) is 1. The summed E-state index contributed by atoms with van der Waals surface area (Å²) >= 11 is 0. The van der Waals surface area contributed by atoms with Crippen molar-refractivity contribution in [2.24, 2.45) is 0 Å². The summed E-state index contributed by atoms with van der Waals surface area (Å²) in [6.07, 6.45) is 4.86. The smallest absolute Gasteiger partial charge is 0.311 e. The van der Waals surface area contributed by atoms with Crippen LogP contribution in [0.15, 0.2) is 34.9 Å². The summed E-state index contributed by atoms with van der Waals surface area (Å²) in [6.45, 7) is 1.75. The zero-order valence-electron chi connectivity index (χ0n) is 15.0. The predicted octanol–water partition coefficient (Wildman–Crippen LogP) is 3.42. The molecule has 6 nitrogen and oxygen atoms in total. The number of aryl methyl sites for hydroxylation is 1. The molecule has 2 N–H and O–H groups in total. The van der Waals surface area contributed by atoms with Crippen LogP contribution in [0.2, 0.25) is 0 Å². The van der Waals surface area contributed by atoms with Gasteiger partial charge in [0.2, 0.25) is 0 Å². The molecule has 2 aromatic rings. The van der Waals surface area contributed by atoms with E-state index in [1.54, 1.807) is 14.0 Å². The van der Waals surface area contributed by atoms with Crippen molar-refractivity contribution in [3.63, 3.8) is 0 Å². The van der Waals surface area contributed by atoms with E-state index in [-0.39, 0.29) is 18.1 Å². The first-order chi connectivity index (χ1) is 12.4. The van der Waals surface area contributed by atoms with Gasteiger partial charge in [0.1, 0.15) is 17.9 Å². The quantitative estimate of drug-likeness (QED) is 0.827. The summed E-state index contributed by atoms with van der Waals surface area (Å²) in [5.41, 5.74) is 1.55. The highest BCUT2D eigenvalue weighted by molar-refractivity contribution is 5.98. The molecular weight excluding hydrogens is 334 g/mol. The van der Waals surface area contributed by atoms with Crippen LogP contribution in [0.4, 0.5) is 0 Å². The Hall–Kier alpha value is -2.76. The molecule has 0 atom stereocenters. The van der Waals surface area contributed by atoms with Crippen molar-refractivity contribution in [2.45, 2.75) is 44.6 Å². The first-order valence-corrected chi connectivity index (χ1v) is 8.71. The molecular formula is C20H23NO5. The molecule has 0 spiro atoms. The second-order valence-electron chi connectivity index (χ2n) is 6.76. The molecule has 1 saturated carbocycles. The van der Waals surface area contributed by atoms with Crippen LogP contribution in [0.3, 0.4) is 0 Å². The van der Waals surface area contributed by atoms with E-state index >= 15 is 0 Å². The number of methoxy groups -OCH3 is 1. The highest BCUT2D eigenvalue weighted by Crippen LogP contribution is 2.39. The van der Waals surface area contributed by atoms with E-state index in [0.717, 1.165) is 37.0 Å². The molecule has 138 valence electrons. The third kappa shape index (κ3) is 3.45. The van der Waals surface area contributed by atoms with Gasteiger partial charge < -0.3 is 19.6 Å². The van der Waals surface area contributed by atoms with E-state index in [9.17, 15) is 9.59 Å². The van der Waals surface area contributed by atoms with E-state index in [1.165, 1.54) is 6.26 Å². The van der Waals surface area contributed by atoms with Gasteiger partial charge in [0.25, 0.3) is 5.91 Å². The van der Waals surface area contributed by atoms with Gasteiger partial charge in [-0.3, -0.25) is 9.59 Å². The molecule has 1 aliphatic rings. The maximum Gasteiger partial charge on any atom is 0.311 e. The van der Waals surface area contributed by atoms with Crippen molar-refractivity contribution in [3.05, 3.63) is 53.0 Å². The molecule has 1 aromatic carbocycles. The fourth-order valence-electron chi connectivity index (χ4n) is 3.72. The van der Waals surface area contributed by atoms with Crippen molar-refractivity contribution in [3.8, 4) is 5.75 Å². The Balaban J connectivity index is 1.90. The number of amides is 1. The molecule has 1 amide bonds. The number of aliphatic carboxylic acids is 1. The monoisotopic (exact) mass is 357 g/mol. The molecule has 6 heteroatoms. The maximum absolute atomic E-state index is 13.0. The summed E-state index contributed by atoms with van der Waals surface area (Å²) in [5, 5.41) is 12.2. The van der Waals surface area contributed by atoms with Gasteiger partial charge in [0.05, 0.1) is 24.5 Å². The zero-order chi connectivity index (χ0) is 18.7. The van der Waals surface area contributed by atoms with Crippen LogP contribution in [0, 0.1) is 6.92 Å². The zero-order valence-corrected chi connectivity index (χ0v) is 15.0. The first-order valence-electron chi connectivity index (χ1n) is 8.71. The standard InChI is InChI=1S/C20H23NO5/c1-13-12-26-16(11-17(22)23)18(13)19(24)21-20(9-3-4-10-20)14-5-7-15(25-2)8-6-14/h5-8,12H,3-4,9-11H2,1-2H3,(H,21,24)(H,22,23). The minimum absolute atomic E-state index is 0.190. The maximum atomic E-state index is 13.0. The number of hydrogen-bond donors (Lipinski definition) is 2. The minimum atomic E-state index is -1.03. The molecule has 1 fully saturated rings. The largest absolute Gasteiger partial charge is 0.497 e. The SMILES string of the molecule is COc1ccc(C2(NC(=O)c3c(C)coc3CC(=O)O)CCCC2)cc1. The van der Waals surface area contributed by atoms with E-state index in [0.29, 0.717) is 11.1 Å². The van der Waals surface area contributed by atoms with Crippen LogP contribution in [0.1, 0.15) is 52.9 Å². The second kappa shape index (κ2) is 7.23. The van der Waals surface area contributed by atoms with Crippen molar-refractivity contribution >= 4 is 11.9 Å². The molecule has 1 aromatic heterocycles. The Morgan fingerprint density at radius 1 is 1.23 bits per heavy atom. The lowest BCUT2D eigenvalue weighted by molar-refractivity contribution is -0.136. The molecule has 0 unspecified atom stereocenters. The van der Waals surface area contributed by atoms with Gasteiger partial charge in [-0.1, -0.05) is 25.0 Å². The van der Waals surface area contributed by atoms with Crippen molar-refractivity contribution in [2.75, 3.05) is 7.11 Å². The second-order valence-corrected chi connectivity index (χ2v) is 6.76. The minimum Gasteiger partial charge on any atom is -0.497 e. The predicted molar refractivity (Wildman–Crippen MR) is 95.4 cm³/mol. The van der Waals surface area contributed by atoms with Crippen LogP contribution in [-0.4, -0.2) is 24.1 Å². The van der Waals surface area contributed by atoms with E-state index < -0.39 is 11.5 Å². The van der Waals surface area contributed by atoms with Crippen LogP contribution in [0.5, 0.6) is 5.75 Å². The number of carboxylic acids is 1. The van der Waals surface area contributed by atoms with Crippen LogP contribution in [0.25, 0.3) is 0 Å². The number of ether oxygens (including phenoxy) is 1. The van der Waals surface area contributed by atoms with Crippen molar-refractivity contribution < 1.29 is 23.8 Å². The summed E-state index contributed by atoms with van der Waals surface area (Å²) in [6, 6.07) is 7.73. The van der Waals surface area contributed by atoms with Crippen molar-refractivity contribution in [1.82, 2.24) is 5.32 Å². The highest BCUT2D eigenvalue weighted by atomic mass is 16.5. The third-order valence-corrected chi connectivity index (χ3v) is 5.04. The fraction of sp³-hybridized carbons (Fsp3) is 0.400. The average molecular weight is 357 g/mol. The Kier molecular flexibility index (Phi) is 5.02. The third-order valence-electron chi connectivity index (χ3n) is 5.04. The van der Waals surface area contributed by atoms with Gasteiger partial charge >= 0.3 is 5.97 Å². The van der Waals surface area contributed by atoms with E-state index in [1.807, 2.05) is 24.3 Å². The van der Waals surface area contributed by atoms with Gasteiger partial charge in [-0.15, -0.1) is 0 Å². The topological polar surface area (TPSA) is 88.8 Å². The first kappa shape index (κ1) is 18.0. The van der Waals surface area contributed by atoms with Crippen LogP contribution in [-0.2, 0) is 16.8 Å². The number of carbonyl (C=O) groups excluding carboxylic acids is 1. The number of carboxylic acid groups (broad SMARTS) is 1. The number of rotatable bonds is 6. The van der Waals surface area contributed by atoms with Crippen LogP contribution < -0.4 is 10.1 Å². The summed E-state index contributed by atoms with van der Waals surface area (Å²) in [7, 11) is 1.62. The Morgan fingerprint density at radius 3 is 2.46 bits per heavy atom. The van der Waals surface area contributed by atoms with Crippen LogP contribution >= 0.6 is 0 Å². The molecule has 0 radical (unpaired) electrons. The summed E-state index contributed by atoms with van der Waals surface area (Å²) < 4.78 is 10.5. The number of carbonyl (C=O) groups is 2. The van der Waals surface area contributed by atoms with E-state index in [4.69, 9.17) is 14.3 Å². The van der Waals surface area contributed by atoms with Crippen molar-refractivity contribution in [1.29, 1.82) is 0 Å². The molecule has 0 bridgehead atoms. The van der Waals surface area contributed by atoms with Gasteiger partial charge in [-0.25, -0.2) is 0 Å². The lowest BCUT2D eigenvalue weighted by Crippen LogP contribution is -2.44. The fourth-order valence-corrected chi connectivity index (χ4v) is 3.72. The Labute approximate surface area is 152 Å². The lowest BCUT2D eigenvalue weighted by Gasteiger charge is -2.31. The molecule has 0 aliphatic heterocycles. The number of hydrogen-bond acceptors (Lipinski definition) is 4.